The molecule has 0 bridgehead atoms. The molecule has 0 saturated heterocycles. The second-order valence-corrected chi connectivity index (χ2v) is 7.27. The number of benzene rings is 1. The summed E-state index contributed by atoms with van der Waals surface area (Å²) < 4.78 is 5.60. The van der Waals surface area contributed by atoms with Gasteiger partial charge in [-0.15, -0.1) is 11.3 Å². The molecule has 0 radical (unpaired) electrons. The van der Waals surface area contributed by atoms with E-state index in [9.17, 15) is 4.79 Å². The Balaban J connectivity index is 1.46. The summed E-state index contributed by atoms with van der Waals surface area (Å²) in [6, 6.07) is 7.00. The quantitative estimate of drug-likeness (QED) is 0.863. The van der Waals surface area contributed by atoms with E-state index < -0.39 is 0 Å². The Hall–Kier alpha value is -1.79. The van der Waals surface area contributed by atoms with Crippen LogP contribution in [0.15, 0.2) is 24.3 Å². The number of amides is 2. The monoisotopic (exact) mass is 365 g/mol. The number of carbonyl (C=O) groups excluding carboxylic acids is 1. The van der Waals surface area contributed by atoms with Gasteiger partial charge in [-0.1, -0.05) is 11.6 Å². The number of hydrogen-bond acceptors (Lipinski definition) is 4. The third-order valence-electron chi connectivity index (χ3n) is 3.92. The van der Waals surface area contributed by atoms with Gasteiger partial charge in [-0.2, -0.15) is 0 Å². The van der Waals surface area contributed by atoms with Crippen molar-refractivity contribution in [2.45, 2.75) is 25.7 Å². The van der Waals surface area contributed by atoms with Gasteiger partial charge < -0.3 is 9.64 Å². The summed E-state index contributed by atoms with van der Waals surface area (Å²) in [6.07, 6.45) is 4.50. The van der Waals surface area contributed by atoms with E-state index in [1.165, 1.54) is 17.7 Å². The highest BCUT2D eigenvalue weighted by atomic mass is 35.5. The van der Waals surface area contributed by atoms with E-state index in [4.69, 9.17) is 16.3 Å². The number of likely N-dealkylation sites (N-methyl/N-ethyl adjacent to an activating group) is 1. The van der Waals surface area contributed by atoms with Crippen molar-refractivity contribution in [2.75, 3.05) is 25.5 Å². The molecule has 0 unspecified atom stereocenters. The van der Waals surface area contributed by atoms with Crippen LogP contribution >= 0.6 is 22.9 Å². The van der Waals surface area contributed by atoms with Crippen molar-refractivity contribution in [1.29, 1.82) is 0 Å². The Morgan fingerprint density at radius 3 is 2.83 bits per heavy atom. The number of nitrogens with one attached hydrogen (secondary N) is 1. The molecule has 2 amide bonds. The van der Waals surface area contributed by atoms with Crippen LogP contribution < -0.4 is 10.1 Å². The number of aryl methyl sites for hydroxylation is 2. The van der Waals surface area contributed by atoms with Crippen molar-refractivity contribution in [2.24, 2.45) is 0 Å². The van der Waals surface area contributed by atoms with Gasteiger partial charge in [0.05, 0.1) is 12.2 Å². The maximum atomic E-state index is 12.2. The van der Waals surface area contributed by atoms with Gasteiger partial charge in [0.1, 0.15) is 12.4 Å². The van der Waals surface area contributed by atoms with E-state index in [0.29, 0.717) is 23.3 Å². The lowest BCUT2D eigenvalue weighted by atomic mass is 10.0. The fourth-order valence-electron chi connectivity index (χ4n) is 2.53. The molecule has 1 aliphatic rings. The van der Waals surface area contributed by atoms with Crippen molar-refractivity contribution < 1.29 is 9.53 Å². The Bertz CT molecular complexity index is 679. The van der Waals surface area contributed by atoms with Gasteiger partial charge in [0.15, 0.2) is 5.13 Å². The van der Waals surface area contributed by atoms with Gasteiger partial charge in [-0.25, -0.2) is 9.78 Å². The largest absolute Gasteiger partial charge is 0.492 e. The minimum Gasteiger partial charge on any atom is -0.492 e. The minimum absolute atomic E-state index is 0.166. The first kappa shape index (κ1) is 17.0. The average molecular weight is 366 g/mol. The van der Waals surface area contributed by atoms with E-state index in [1.54, 1.807) is 35.4 Å². The van der Waals surface area contributed by atoms with E-state index in [0.717, 1.165) is 24.3 Å². The van der Waals surface area contributed by atoms with Crippen molar-refractivity contribution in [1.82, 2.24) is 9.88 Å². The topological polar surface area (TPSA) is 54.5 Å². The predicted octanol–water partition coefficient (Wildman–Crippen LogP) is 4.22. The number of fused-ring (bicyclic) bond motifs is 1. The van der Waals surface area contributed by atoms with Crippen LogP contribution in [0.2, 0.25) is 5.02 Å². The molecule has 128 valence electrons. The molecule has 0 atom stereocenters. The SMILES string of the molecule is CN(CCOc1ccc(Cl)cc1)C(=O)Nc1nc2c(s1)CCCC2. The van der Waals surface area contributed by atoms with Crippen LogP contribution in [0.5, 0.6) is 5.75 Å². The van der Waals surface area contributed by atoms with Crippen molar-refractivity contribution >= 4 is 34.1 Å². The van der Waals surface area contributed by atoms with Gasteiger partial charge in [-0.3, -0.25) is 5.32 Å². The Kier molecular flexibility index (Phi) is 5.58. The highest BCUT2D eigenvalue weighted by Gasteiger charge is 2.17. The van der Waals surface area contributed by atoms with Crippen molar-refractivity contribution in [3.8, 4) is 5.75 Å². The summed E-state index contributed by atoms with van der Waals surface area (Å²) in [4.78, 5) is 19.7. The first-order valence-electron chi connectivity index (χ1n) is 8.01. The fraction of sp³-hybridized carbons (Fsp3) is 0.412. The number of ether oxygens (including phenoxy) is 1. The molecular formula is C17H20ClN3O2S. The van der Waals surface area contributed by atoms with Gasteiger partial charge in [-0.05, 0) is 49.9 Å². The number of urea groups is 1. The fourth-order valence-corrected chi connectivity index (χ4v) is 3.69. The second kappa shape index (κ2) is 7.85. The molecule has 5 nitrogen and oxygen atoms in total. The molecule has 1 aromatic heterocycles. The zero-order valence-electron chi connectivity index (χ0n) is 13.5. The normalized spacial score (nSPS) is 13.2. The first-order chi connectivity index (χ1) is 11.6. The molecule has 0 fully saturated rings. The lowest BCUT2D eigenvalue weighted by molar-refractivity contribution is 0.207. The number of aromatic nitrogens is 1. The van der Waals surface area contributed by atoms with Crippen LogP contribution in [0.3, 0.4) is 0 Å². The Labute approximate surface area is 150 Å². The van der Waals surface area contributed by atoms with Gasteiger partial charge in [0, 0.05) is 16.9 Å². The zero-order valence-corrected chi connectivity index (χ0v) is 15.1. The van der Waals surface area contributed by atoms with Crippen molar-refractivity contribution in [3.63, 3.8) is 0 Å². The summed E-state index contributed by atoms with van der Waals surface area (Å²) >= 11 is 7.42. The summed E-state index contributed by atoms with van der Waals surface area (Å²) in [7, 11) is 1.74. The molecule has 0 spiro atoms. The molecular weight excluding hydrogens is 346 g/mol. The lowest BCUT2D eigenvalue weighted by Crippen LogP contribution is -2.34. The summed E-state index contributed by atoms with van der Waals surface area (Å²) in [5.41, 5.74) is 1.15. The van der Waals surface area contributed by atoms with Crippen LogP contribution in [0.1, 0.15) is 23.4 Å². The Morgan fingerprint density at radius 2 is 2.08 bits per heavy atom. The molecule has 2 aromatic rings. The highest BCUT2D eigenvalue weighted by Crippen LogP contribution is 2.29. The summed E-state index contributed by atoms with van der Waals surface area (Å²) in [6.45, 7) is 0.902. The van der Waals surface area contributed by atoms with E-state index >= 15 is 0 Å². The van der Waals surface area contributed by atoms with Crippen LogP contribution in [-0.2, 0) is 12.8 Å². The molecule has 7 heteroatoms. The molecule has 0 aliphatic heterocycles. The van der Waals surface area contributed by atoms with Crippen LogP contribution in [0.4, 0.5) is 9.93 Å². The number of anilines is 1. The first-order valence-corrected chi connectivity index (χ1v) is 9.20. The van der Waals surface area contributed by atoms with E-state index in [1.807, 2.05) is 12.1 Å². The van der Waals surface area contributed by atoms with Crippen LogP contribution in [0.25, 0.3) is 0 Å². The molecule has 1 aromatic carbocycles. The lowest BCUT2D eigenvalue weighted by Gasteiger charge is -2.17. The third kappa shape index (κ3) is 4.39. The van der Waals surface area contributed by atoms with Crippen LogP contribution in [-0.4, -0.2) is 36.1 Å². The molecule has 1 heterocycles. The van der Waals surface area contributed by atoms with Gasteiger partial charge in [0.2, 0.25) is 0 Å². The second-order valence-electron chi connectivity index (χ2n) is 5.75. The van der Waals surface area contributed by atoms with Crippen LogP contribution in [0, 0.1) is 0 Å². The highest BCUT2D eigenvalue weighted by molar-refractivity contribution is 7.15. The number of nitrogens with zero attached hydrogens (tertiary/aromatic N) is 2. The summed E-state index contributed by atoms with van der Waals surface area (Å²) in [5.74, 6) is 0.737. The molecule has 1 aliphatic carbocycles. The average Bonchev–Trinajstić information content (AvgIpc) is 2.98. The smallest absolute Gasteiger partial charge is 0.323 e. The van der Waals surface area contributed by atoms with Crippen molar-refractivity contribution in [3.05, 3.63) is 39.9 Å². The molecule has 24 heavy (non-hydrogen) atoms. The zero-order chi connectivity index (χ0) is 16.9. The van der Waals surface area contributed by atoms with E-state index in [-0.39, 0.29) is 6.03 Å². The van der Waals surface area contributed by atoms with Gasteiger partial charge in [0.25, 0.3) is 0 Å². The Morgan fingerprint density at radius 1 is 1.33 bits per heavy atom. The maximum Gasteiger partial charge on any atom is 0.323 e. The number of hydrogen-bond donors (Lipinski definition) is 1. The number of carbonyl (C=O) groups is 1. The molecule has 1 N–H and O–H groups in total. The maximum absolute atomic E-state index is 12.2. The minimum atomic E-state index is -0.166. The third-order valence-corrected chi connectivity index (χ3v) is 5.24. The molecule has 0 saturated carbocycles. The van der Waals surface area contributed by atoms with Gasteiger partial charge >= 0.3 is 6.03 Å². The number of rotatable bonds is 5. The van der Waals surface area contributed by atoms with E-state index in [2.05, 4.69) is 10.3 Å². The number of halogens is 1. The predicted molar refractivity (Wildman–Crippen MR) is 97.4 cm³/mol. The molecule has 3 rings (SSSR count). The summed E-state index contributed by atoms with van der Waals surface area (Å²) in [5, 5.41) is 4.24. The number of thiazole rings is 1. The standard InChI is InChI=1S/C17H20ClN3O2S/c1-21(10-11-23-13-8-6-12(18)7-9-13)17(22)20-16-19-14-4-2-3-5-15(14)24-16/h6-9H,2-5,10-11H2,1H3,(H,19,20,22).